The molecule has 4 atom stereocenters. The van der Waals surface area contributed by atoms with Crippen LogP contribution >= 0.6 is 0 Å². The van der Waals surface area contributed by atoms with Crippen molar-refractivity contribution >= 4 is 0 Å². The van der Waals surface area contributed by atoms with Crippen LogP contribution in [-0.4, -0.2) is 42.4 Å². The molecule has 0 aromatic heterocycles. The van der Waals surface area contributed by atoms with Crippen molar-refractivity contribution in [3.63, 3.8) is 0 Å². The molecule has 26 heavy (non-hydrogen) atoms. The molecule has 0 radical (unpaired) electrons. The van der Waals surface area contributed by atoms with Gasteiger partial charge in [0, 0.05) is 24.0 Å². The van der Waals surface area contributed by atoms with Crippen LogP contribution in [0.15, 0.2) is 12.1 Å². The highest BCUT2D eigenvalue weighted by Crippen LogP contribution is 2.45. The van der Waals surface area contributed by atoms with E-state index in [2.05, 4.69) is 44.7 Å². The molecule has 0 spiro atoms. The summed E-state index contributed by atoms with van der Waals surface area (Å²) in [6.07, 6.45) is 4.06. The van der Waals surface area contributed by atoms with Gasteiger partial charge < -0.3 is 14.6 Å². The summed E-state index contributed by atoms with van der Waals surface area (Å²) < 4.78 is 11.0. The van der Waals surface area contributed by atoms with Crippen molar-refractivity contribution in [3.8, 4) is 11.5 Å². The predicted octanol–water partition coefficient (Wildman–Crippen LogP) is 4.20. The lowest BCUT2D eigenvalue weighted by Crippen LogP contribution is -2.56. The quantitative estimate of drug-likeness (QED) is 0.873. The molecule has 2 aliphatic rings. The molecule has 4 nitrogen and oxygen atoms in total. The fourth-order valence-corrected chi connectivity index (χ4v) is 5.32. The fraction of sp³-hybridized carbons (Fsp3) is 0.727. The molecule has 1 fully saturated rings. The van der Waals surface area contributed by atoms with E-state index < -0.39 is 0 Å². The number of methoxy groups -OCH3 is 2. The van der Waals surface area contributed by atoms with Gasteiger partial charge in [-0.2, -0.15) is 0 Å². The second kappa shape index (κ2) is 7.40. The van der Waals surface area contributed by atoms with Crippen molar-refractivity contribution in [1.82, 2.24) is 4.90 Å². The van der Waals surface area contributed by atoms with Crippen LogP contribution in [0.1, 0.15) is 64.1 Å². The largest absolute Gasteiger partial charge is 0.493 e. The van der Waals surface area contributed by atoms with E-state index in [0.29, 0.717) is 17.9 Å². The van der Waals surface area contributed by atoms with Crippen molar-refractivity contribution in [3.05, 3.63) is 23.3 Å². The summed E-state index contributed by atoms with van der Waals surface area (Å²) in [6.45, 7) is 10.2. The minimum atomic E-state index is -0.201. The smallest absolute Gasteiger partial charge is 0.161 e. The molecule has 1 aromatic rings. The van der Waals surface area contributed by atoms with Gasteiger partial charge in [0.2, 0.25) is 0 Å². The number of hydrogen-bond acceptors (Lipinski definition) is 4. The normalized spacial score (nSPS) is 30.0. The van der Waals surface area contributed by atoms with Crippen molar-refractivity contribution in [2.24, 2.45) is 11.8 Å². The maximum atomic E-state index is 10.8. The Morgan fingerprint density at radius 1 is 1.08 bits per heavy atom. The van der Waals surface area contributed by atoms with E-state index in [1.165, 1.54) is 17.5 Å². The first kappa shape index (κ1) is 19.5. The zero-order valence-corrected chi connectivity index (χ0v) is 17.2. The molecule has 0 unspecified atom stereocenters. The highest BCUT2D eigenvalue weighted by Gasteiger charge is 2.44. The molecule has 0 amide bonds. The van der Waals surface area contributed by atoms with Crippen molar-refractivity contribution in [2.45, 2.75) is 71.1 Å². The number of hydrogen-bond donors (Lipinski definition) is 1. The molecule has 3 rings (SSSR count). The first-order chi connectivity index (χ1) is 12.3. The second-order valence-electron chi connectivity index (χ2n) is 8.77. The zero-order chi connectivity index (χ0) is 19.1. The molecular formula is C22H35NO3. The lowest BCUT2D eigenvalue weighted by molar-refractivity contribution is -0.0607. The third-order valence-corrected chi connectivity index (χ3v) is 6.91. The van der Waals surface area contributed by atoms with E-state index in [1.807, 2.05) is 0 Å². The summed E-state index contributed by atoms with van der Waals surface area (Å²) in [5.41, 5.74) is 2.63. The summed E-state index contributed by atoms with van der Waals surface area (Å²) in [7, 11) is 3.39. The lowest BCUT2D eigenvalue weighted by atomic mass is 9.70. The summed E-state index contributed by atoms with van der Waals surface area (Å²) in [5, 5.41) is 10.8. The Kier molecular flexibility index (Phi) is 5.55. The summed E-state index contributed by atoms with van der Waals surface area (Å²) in [6, 6.07) is 4.56. The minimum absolute atomic E-state index is 0.0379. The SMILES string of the molecule is COc1cc2c(cc1OC)[C@@H](C)N(C(C)(C)[C@H]1CC[C@H](C)C[C@@H]1O)CC2. The second-order valence-corrected chi connectivity index (χ2v) is 8.77. The zero-order valence-electron chi connectivity index (χ0n) is 17.2. The van der Waals surface area contributed by atoms with E-state index in [-0.39, 0.29) is 11.6 Å². The third-order valence-electron chi connectivity index (χ3n) is 6.91. The van der Waals surface area contributed by atoms with Gasteiger partial charge in [0.25, 0.3) is 0 Å². The first-order valence-electron chi connectivity index (χ1n) is 9.99. The number of fused-ring (bicyclic) bond motifs is 1. The van der Waals surface area contributed by atoms with Crippen molar-refractivity contribution in [1.29, 1.82) is 0 Å². The number of nitrogens with zero attached hydrogens (tertiary/aromatic N) is 1. The monoisotopic (exact) mass is 361 g/mol. The van der Waals surface area contributed by atoms with Crippen LogP contribution in [-0.2, 0) is 6.42 Å². The fourth-order valence-electron chi connectivity index (χ4n) is 5.32. The maximum absolute atomic E-state index is 10.8. The molecule has 0 saturated heterocycles. The standard InChI is InChI=1S/C22H35NO3/c1-14-7-8-18(19(24)11-14)22(3,4)23-10-9-16-12-20(25-5)21(26-6)13-17(16)15(23)2/h12-15,18-19,24H,7-11H2,1-6H3/t14-,15+,18-,19-/m0/s1. The van der Waals surface area contributed by atoms with Crippen LogP contribution in [0.2, 0.25) is 0 Å². The van der Waals surface area contributed by atoms with E-state index in [0.717, 1.165) is 37.3 Å². The molecule has 146 valence electrons. The van der Waals surface area contributed by atoms with Crippen LogP contribution < -0.4 is 9.47 Å². The van der Waals surface area contributed by atoms with Crippen molar-refractivity contribution in [2.75, 3.05) is 20.8 Å². The third kappa shape index (κ3) is 3.34. The Labute approximate surface area is 158 Å². The van der Waals surface area contributed by atoms with Gasteiger partial charge >= 0.3 is 0 Å². The topological polar surface area (TPSA) is 41.9 Å². The molecule has 4 heteroatoms. The molecule has 1 aromatic carbocycles. The summed E-state index contributed by atoms with van der Waals surface area (Å²) in [5.74, 6) is 2.56. The average Bonchev–Trinajstić information content (AvgIpc) is 2.60. The Bertz CT molecular complexity index is 643. The van der Waals surface area contributed by atoms with Gasteiger partial charge in [0.1, 0.15) is 0 Å². The van der Waals surface area contributed by atoms with E-state index in [1.54, 1.807) is 14.2 Å². The van der Waals surface area contributed by atoms with Crippen LogP contribution in [0.3, 0.4) is 0 Å². The predicted molar refractivity (Wildman–Crippen MR) is 105 cm³/mol. The van der Waals surface area contributed by atoms with Gasteiger partial charge in [-0.15, -0.1) is 0 Å². The molecule has 1 N–H and O–H groups in total. The Morgan fingerprint density at radius 2 is 1.73 bits per heavy atom. The van der Waals surface area contributed by atoms with Crippen LogP contribution in [0.25, 0.3) is 0 Å². The van der Waals surface area contributed by atoms with Crippen LogP contribution in [0, 0.1) is 11.8 Å². The first-order valence-corrected chi connectivity index (χ1v) is 9.99. The van der Waals surface area contributed by atoms with E-state index in [4.69, 9.17) is 9.47 Å². The van der Waals surface area contributed by atoms with E-state index in [9.17, 15) is 5.11 Å². The molecular weight excluding hydrogens is 326 g/mol. The molecule has 1 aliphatic carbocycles. The van der Waals surface area contributed by atoms with Crippen LogP contribution in [0.4, 0.5) is 0 Å². The average molecular weight is 362 g/mol. The van der Waals surface area contributed by atoms with Gasteiger partial charge in [-0.25, -0.2) is 0 Å². The number of benzene rings is 1. The van der Waals surface area contributed by atoms with Gasteiger partial charge in [-0.05, 0) is 69.2 Å². The summed E-state index contributed by atoms with van der Waals surface area (Å²) >= 11 is 0. The number of ether oxygens (including phenoxy) is 2. The Hall–Kier alpha value is -1.26. The van der Waals surface area contributed by atoms with Crippen molar-refractivity contribution < 1.29 is 14.6 Å². The minimum Gasteiger partial charge on any atom is -0.493 e. The Balaban J connectivity index is 1.89. The van der Waals surface area contributed by atoms with Gasteiger partial charge in [0.15, 0.2) is 11.5 Å². The van der Waals surface area contributed by atoms with Gasteiger partial charge in [0.05, 0.1) is 20.3 Å². The highest BCUT2D eigenvalue weighted by atomic mass is 16.5. The molecule has 1 heterocycles. The Morgan fingerprint density at radius 3 is 2.35 bits per heavy atom. The highest BCUT2D eigenvalue weighted by molar-refractivity contribution is 5.49. The number of aliphatic hydroxyl groups is 1. The number of rotatable bonds is 4. The van der Waals surface area contributed by atoms with E-state index >= 15 is 0 Å². The van der Waals surface area contributed by atoms with Gasteiger partial charge in [-0.3, -0.25) is 4.90 Å². The van der Waals surface area contributed by atoms with Gasteiger partial charge in [-0.1, -0.05) is 13.3 Å². The molecule has 0 bridgehead atoms. The number of aliphatic hydroxyl groups excluding tert-OH is 1. The maximum Gasteiger partial charge on any atom is 0.161 e. The van der Waals surface area contributed by atoms with Crippen LogP contribution in [0.5, 0.6) is 11.5 Å². The lowest BCUT2D eigenvalue weighted by Gasteiger charge is -2.52. The summed E-state index contributed by atoms with van der Waals surface area (Å²) in [4.78, 5) is 2.59. The molecule has 1 aliphatic heterocycles. The molecule has 1 saturated carbocycles.